The van der Waals surface area contributed by atoms with Crippen molar-refractivity contribution in [2.45, 2.75) is 0 Å². The fourth-order valence-corrected chi connectivity index (χ4v) is 2.71. The lowest BCUT2D eigenvalue weighted by molar-refractivity contribution is 0.0977. The number of anilines is 1. The molecule has 24 heavy (non-hydrogen) atoms. The molecule has 1 amide bonds. The predicted molar refractivity (Wildman–Crippen MR) is 102 cm³/mol. The topological polar surface area (TPSA) is 81.8 Å². The molecule has 0 saturated carbocycles. The first kappa shape index (κ1) is 16.7. The number of carbonyl (C=O) groups is 1. The molecule has 0 radical (unpaired) electrons. The standard InChI is InChI=1S/C15H11BrClN5OS/c16-8-5-6-10(17)9(7-8)13(23)20-15(24)22-21-14-18-11-3-1-2-4-12(11)19-14/h1-7H,(H2,18,19,21)(H2,20,22,23,24). The second-order valence-corrected chi connectivity index (χ2v) is 6.49. The molecule has 1 heterocycles. The molecule has 0 saturated heterocycles. The van der Waals surface area contributed by atoms with Crippen molar-refractivity contribution in [2.24, 2.45) is 0 Å². The van der Waals surface area contributed by atoms with Gasteiger partial charge < -0.3 is 4.98 Å². The molecular formula is C15H11BrClN5OS. The van der Waals surface area contributed by atoms with Crippen molar-refractivity contribution in [3.63, 3.8) is 0 Å². The number of amides is 1. The lowest BCUT2D eigenvalue weighted by Gasteiger charge is -2.10. The van der Waals surface area contributed by atoms with Gasteiger partial charge in [0.15, 0.2) is 5.11 Å². The first-order valence-electron chi connectivity index (χ1n) is 6.80. The Labute approximate surface area is 156 Å². The molecule has 122 valence electrons. The number of fused-ring (bicyclic) bond motifs is 1. The van der Waals surface area contributed by atoms with Crippen molar-refractivity contribution in [3.8, 4) is 0 Å². The van der Waals surface area contributed by atoms with Crippen LogP contribution in [-0.2, 0) is 0 Å². The lowest BCUT2D eigenvalue weighted by Crippen LogP contribution is -2.42. The van der Waals surface area contributed by atoms with Crippen LogP contribution in [0, 0.1) is 0 Å². The largest absolute Gasteiger partial charge is 0.323 e. The van der Waals surface area contributed by atoms with Crippen molar-refractivity contribution < 1.29 is 4.79 Å². The van der Waals surface area contributed by atoms with Crippen LogP contribution in [0.25, 0.3) is 11.0 Å². The number of halogens is 2. The van der Waals surface area contributed by atoms with Crippen LogP contribution in [-0.4, -0.2) is 21.0 Å². The molecule has 3 rings (SSSR count). The third-order valence-electron chi connectivity index (χ3n) is 3.08. The first-order chi connectivity index (χ1) is 11.5. The smallest absolute Gasteiger partial charge is 0.259 e. The SMILES string of the molecule is O=C(NC(=S)NNc1nc2ccccc2[nH]1)c1cc(Br)ccc1Cl. The van der Waals surface area contributed by atoms with Gasteiger partial charge >= 0.3 is 0 Å². The van der Waals surface area contributed by atoms with Crippen molar-refractivity contribution >= 4 is 67.8 Å². The molecule has 4 N–H and O–H groups in total. The second-order valence-electron chi connectivity index (χ2n) is 4.76. The van der Waals surface area contributed by atoms with Crippen LogP contribution in [0.15, 0.2) is 46.9 Å². The Morgan fingerprint density at radius 2 is 2.04 bits per heavy atom. The van der Waals surface area contributed by atoms with Crippen LogP contribution in [0.1, 0.15) is 10.4 Å². The number of rotatable bonds is 3. The number of aromatic nitrogens is 2. The molecular weight excluding hydrogens is 414 g/mol. The van der Waals surface area contributed by atoms with E-state index in [-0.39, 0.29) is 5.11 Å². The molecule has 1 aromatic heterocycles. The molecule has 0 fully saturated rings. The van der Waals surface area contributed by atoms with Gasteiger partial charge in [0.05, 0.1) is 21.6 Å². The van der Waals surface area contributed by atoms with Gasteiger partial charge in [0.2, 0.25) is 5.95 Å². The zero-order valence-electron chi connectivity index (χ0n) is 12.1. The van der Waals surface area contributed by atoms with Crippen molar-refractivity contribution in [3.05, 3.63) is 57.5 Å². The Balaban J connectivity index is 1.61. The number of aromatic amines is 1. The van der Waals surface area contributed by atoms with Crippen LogP contribution in [0.4, 0.5) is 5.95 Å². The van der Waals surface area contributed by atoms with Gasteiger partial charge in [-0.05, 0) is 42.5 Å². The summed E-state index contributed by atoms with van der Waals surface area (Å²) in [6.07, 6.45) is 0. The van der Waals surface area contributed by atoms with E-state index in [2.05, 4.69) is 42.1 Å². The summed E-state index contributed by atoms with van der Waals surface area (Å²) in [4.78, 5) is 19.6. The minimum absolute atomic E-state index is 0.0940. The highest BCUT2D eigenvalue weighted by molar-refractivity contribution is 9.10. The number of nitrogens with one attached hydrogen (secondary N) is 4. The summed E-state index contributed by atoms with van der Waals surface area (Å²) in [7, 11) is 0. The Bertz CT molecular complexity index is 896. The minimum Gasteiger partial charge on any atom is -0.323 e. The average molecular weight is 425 g/mol. The Morgan fingerprint density at radius 1 is 1.25 bits per heavy atom. The van der Waals surface area contributed by atoms with Gasteiger partial charge in [0, 0.05) is 4.47 Å². The average Bonchev–Trinajstić information content (AvgIpc) is 2.98. The van der Waals surface area contributed by atoms with Gasteiger partial charge in [0.25, 0.3) is 5.91 Å². The van der Waals surface area contributed by atoms with E-state index in [0.717, 1.165) is 15.5 Å². The molecule has 6 nitrogen and oxygen atoms in total. The van der Waals surface area contributed by atoms with Crippen LogP contribution < -0.4 is 16.2 Å². The summed E-state index contributed by atoms with van der Waals surface area (Å²) in [6, 6.07) is 12.6. The summed E-state index contributed by atoms with van der Waals surface area (Å²) in [5, 5.41) is 2.97. The fraction of sp³-hybridized carbons (Fsp3) is 0. The molecule has 0 aliphatic carbocycles. The number of hydrazine groups is 1. The summed E-state index contributed by atoms with van der Waals surface area (Å²) in [5.41, 5.74) is 7.52. The third kappa shape index (κ3) is 3.84. The summed E-state index contributed by atoms with van der Waals surface area (Å²) >= 11 is 14.4. The fourth-order valence-electron chi connectivity index (χ4n) is 2.00. The zero-order valence-corrected chi connectivity index (χ0v) is 15.2. The highest BCUT2D eigenvalue weighted by atomic mass is 79.9. The molecule has 0 unspecified atom stereocenters. The minimum atomic E-state index is -0.412. The highest BCUT2D eigenvalue weighted by Crippen LogP contribution is 2.20. The van der Waals surface area contributed by atoms with E-state index in [4.69, 9.17) is 23.8 Å². The Kier molecular flexibility index (Phi) is 4.98. The van der Waals surface area contributed by atoms with Gasteiger partial charge in [-0.2, -0.15) is 0 Å². The number of imidazole rings is 1. The Hall–Kier alpha value is -2.16. The number of H-pyrrole nitrogens is 1. The van der Waals surface area contributed by atoms with Crippen LogP contribution in [0.2, 0.25) is 5.02 Å². The monoisotopic (exact) mass is 423 g/mol. The first-order valence-corrected chi connectivity index (χ1v) is 8.38. The Morgan fingerprint density at radius 3 is 2.83 bits per heavy atom. The number of benzene rings is 2. The zero-order chi connectivity index (χ0) is 17.1. The van der Waals surface area contributed by atoms with E-state index >= 15 is 0 Å². The van der Waals surface area contributed by atoms with Crippen molar-refractivity contribution in [1.29, 1.82) is 0 Å². The van der Waals surface area contributed by atoms with Gasteiger partial charge in [-0.15, -0.1) is 0 Å². The summed E-state index contributed by atoms with van der Waals surface area (Å²) < 4.78 is 0.747. The highest BCUT2D eigenvalue weighted by Gasteiger charge is 2.12. The normalized spacial score (nSPS) is 10.4. The van der Waals surface area contributed by atoms with Crippen molar-refractivity contribution in [2.75, 3.05) is 5.43 Å². The molecule has 0 spiro atoms. The van der Waals surface area contributed by atoms with E-state index in [1.807, 2.05) is 24.3 Å². The van der Waals surface area contributed by atoms with Crippen molar-refractivity contribution in [1.82, 2.24) is 20.7 Å². The number of hydrogen-bond donors (Lipinski definition) is 4. The van der Waals surface area contributed by atoms with E-state index in [9.17, 15) is 4.79 Å². The van der Waals surface area contributed by atoms with Gasteiger partial charge in [-0.3, -0.25) is 21.0 Å². The third-order valence-corrected chi connectivity index (χ3v) is 4.11. The number of hydrogen-bond acceptors (Lipinski definition) is 4. The van der Waals surface area contributed by atoms with E-state index < -0.39 is 5.91 Å². The van der Waals surface area contributed by atoms with E-state index in [1.54, 1.807) is 18.2 Å². The molecule has 0 bridgehead atoms. The van der Waals surface area contributed by atoms with Crippen LogP contribution in [0.5, 0.6) is 0 Å². The predicted octanol–water partition coefficient (Wildman–Crippen LogP) is 3.61. The van der Waals surface area contributed by atoms with Crippen LogP contribution >= 0.6 is 39.7 Å². The van der Waals surface area contributed by atoms with E-state index in [0.29, 0.717) is 16.5 Å². The van der Waals surface area contributed by atoms with E-state index in [1.165, 1.54) is 0 Å². The maximum Gasteiger partial charge on any atom is 0.259 e. The molecule has 0 atom stereocenters. The number of nitrogens with zero attached hydrogens (tertiary/aromatic N) is 1. The van der Waals surface area contributed by atoms with Gasteiger partial charge in [0.1, 0.15) is 0 Å². The maximum absolute atomic E-state index is 12.2. The number of carbonyl (C=O) groups excluding carboxylic acids is 1. The number of para-hydroxylation sites is 2. The van der Waals surface area contributed by atoms with Gasteiger partial charge in [-0.25, -0.2) is 4.98 Å². The molecule has 3 aromatic rings. The van der Waals surface area contributed by atoms with Gasteiger partial charge in [-0.1, -0.05) is 39.7 Å². The molecule has 0 aliphatic rings. The molecule has 2 aromatic carbocycles. The van der Waals surface area contributed by atoms with Crippen LogP contribution in [0.3, 0.4) is 0 Å². The molecule has 0 aliphatic heterocycles. The number of thiocarbonyl (C=S) groups is 1. The summed E-state index contributed by atoms with van der Waals surface area (Å²) in [5.74, 6) is 0.0680. The molecule has 9 heteroatoms. The quantitative estimate of drug-likeness (QED) is 0.381. The second kappa shape index (κ2) is 7.16. The maximum atomic E-state index is 12.2. The summed E-state index contributed by atoms with van der Waals surface area (Å²) in [6.45, 7) is 0. The lowest BCUT2D eigenvalue weighted by atomic mass is 10.2.